The van der Waals surface area contributed by atoms with Gasteiger partial charge in [0.05, 0.1) is 12.4 Å². The maximum Gasteiger partial charge on any atom is 0.209 e. The zero-order valence-electron chi connectivity index (χ0n) is 7.78. The minimum Gasteiger partial charge on any atom is -0.384 e. The van der Waals surface area contributed by atoms with Gasteiger partial charge < -0.3 is 4.74 Å². The predicted octanol–water partition coefficient (Wildman–Crippen LogP) is 0.194. The summed E-state index contributed by atoms with van der Waals surface area (Å²) in [5.74, 6) is 0.256. The lowest BCUT2D eigenvalue weighted by Gasteiger charge is -2.18. The van der Waals surface area contributed by atoms with Crippen LogP contribution in [-0.4, -0.2) is 27.9 Å². The number of hydrogen-bond acceptors (Lipinski definition) is 3. The molecule has 0 aliphatic carbocycles. The Balaban J connectivity index is 4.14. The van der Waals surface area contributed by atoms with Crippen LogP contribution in [0.3, 0.4) is 0 Å². The third-order valence-electron chi connectivity index (χ3n) is 1.77. The first kappa shape index (κ1) is 11.9. The van der Waals surface area contributed by atoms with Crippen LogP contribution in [0, 0.1) is 11.8 Å². The highest BCUT2D eigenvalue weighted by atomic mass is 32.2. The third kappa shape index (κ3) is 5.51. The van der Waals surface area contributed by atoms with Gasteiger partial charge in [-0.15, -0.1) is 0 Å². The Morgan fingerprint density at radius 2 is 1.92 bits per heavy atom. The van der Waals surface area contributed by atoms with Crippen LogP contribution in [0.4, 0.5) is 0 Å². The SMILES string of the molecule is COCC(CS(N)(=O)=O)C(C)C. The number of nitrogens with two attached hydrogens (primary N) is 1. The van der Waals surface area contributed by atoms with Crippen LogP contribution in [0.1, 0.15) is 13.8 Å². The molecule has 0 aromatic rings. The molecule has 5 heteroatoms. The van der Waals surface area contributed by atoms with Gasteiger partial charge in [0.1, 0.15) is 0 Å². The van der Waals surface area contributed by atoms with Crippen molar-refractivity contribution in [2.24, 2.45) is 17.0 Å². The molecule has 2 N–H and O–H groups in total. The van der Waals surface area contributed by atoms with E-state index in [4.69, 9.17) is 9.88 Å². The van der Waals surface area contributed by atoms with E-state index in [1.165, 1.54) is 0 Å². The molecular weight excluding hydrogens is 178 g/mol. The second-order valence-electron chi connectivity index (χ2n) is 3.29. The van der Waals surface area contributed by atoms with E-state index in [0.717, 1.165) is 0 Å². The van der Waals surface area contributed by atoms with Gasteiger partial charge in [0.15, 0.2) is 0 Å². The zero-order valence-corrected chi connectivity index (χ0v) is 8.60. The summed E-state index contributed by atoms with van der Waals surface area (Å²) in [6, 6.07) is 0. The standard InChI is InChI=1S/C7H17NO3S/c1-6(2)7(4-11-3)5-12(8,9)10/h6-7H,4-5H2,1-3H3,(H2,8,9,10). The Bertz CT molecular complexity index is 211. The van der Waals surface area contributed by atoms with Crippen molar-refractivity contribution in [2.75, 3.05) is 19.5 Å². The van der Waals surface area contributed by atoms with E-state index >= 15 is 0 Å². The minimum absolute atomic E-state index is 0.00148. The molecule has 1 atom stereocenters. The molecule has 0 spiro atoms. The van der Waals surface area contributed by atoms with Crippen molar-refractivity contribution in [3.8, 4) is 0 Å². The van der Waals surface area contributed by atoms with Crippen molar-refractivity contribution in [1.29, 1.82) is 0 Å². The Kier molecular flexibility index (Phi) is 4.74. The van der Waals surface area contributed by atoms with E-state index in [-0.39, 0.29) is 17.6 Å². The van der Waals surface area contributed by atoms with Crippen LogP contribution >= 0.6 is 0 Å². The summed E-state index contributed by atoms with van der Waals surface area (Å²) in [7, 11) is -1.82. The summed E-state index contributed by atoms with van der Waals surface area (Å²) in [4.78, 5) is 0. The van der Waals surface area contributed by atoms with E-state index in [9.17, 15) is 8.42 Å². The van der Waals surface area contributed by atoms with Crippen molar-refractivity contribution >= 4 is 10.0 Å². The van der Waals surface area contributed by atoms with Gasteiger partial charge in [-0.1, -0.05) is 13.8 Å². The van der Waals surface area contributed by atoms with Gasteiger partial charge in [-0.3, -0.25) is 0 Å². The molecule has 0 amide bonds. The maximum atomic E-state index is 10.7. The van der Waals surface area contributed by atoms with E-state index in [2.05, 4.69) is 0 Å². The second kappa shape index (κ2) is 4.79. The third-order valence-corrected chi connectivity index (χ3v) is 2.66. The topological polar surface area (TPSA) is 69.4 Å². The predicted molar refractivity (Wildman–Crippen MR) is 48.2 cm³/mol. The molecule has 0 heterocycles. The van der Waals surface area contributed by atoms with Gasteiger partial charge in [0.25, 0.3) is 0 Å². The van der Waals surface area contributed by atoms with Gasteiger partial charge in [-0.25, -0.2) is 13.6 Å². The Morgan fingerprint density at radius 1 is 1.42 bits per heavy atom. The van der Waals surface area contributed by atoms with Gasteiger partial charge in [-0.2, -0.15) is 0 Å². The van der Waals surface area contributed by atoms with Gasteiger partial charge in [0.2, 0.25) is 10.0 Å². The van der Waals surface area contributed by atoms with Crippen LogP contribution < -0.4 is 5.14 Å². The number of primary sulfonamides is 1. The first-order valence-electron chi connectivity index (χ1n) is 3.86. The molecule has 0 radical (unpaired) electrons. The van der Waals surface area contributed by atoms with Gasteiger partial charge >= 0.3 is 0 Å². The second-order valence-corrected chi connectivity index (χ2v) is 4.95. The molecule has 0 fully saturated rings. The van der Waals surface area contributed by atoms with E-state index in [0.29, 0.717) is 6.61 Å². The summed E-state index contributed by atoms with van der Waals surface area (Å²) >= 11 is 0. The molecule has 0 aliphatic rings. The smallest absolute Gasteiger partial charge is 0.209 e. The number of sulfonamides is 1. The fourth-order valence-corrected chi connectivity index (χ4v) is 2.02. The molecular formula is C7H17NO3S. The number of rotatable bonds is 5. The van der Waals surface area contributed by atoms with Crippen molar-refractivity contribution in [1.82, 2.24) is 0 Å². The van der Waals surface area contributed by atoms with Gasteiger partial charge in [0, 0.05) is 7.11 Å². The highest BCUT2D eigenvalue weighted by Gasteiger charge is 2.18. The van der Waals surface area contributed by atoms with Crippen molar-refractivity contribution in [3.63, 3.8) is 0 Å². The summed E-state index contributed by atoms with van der Waals surface area (Å²) in [5.41, 5.74) is 0. The summed E-state index contributed by atoms with van der Waals surface area (Å²) in [6.07, 6.45) is 0. The Hall–Kier alpha value is -0.130. The number of hydrogen-bond donors (Lipinski definition) is 1. The van der Waals surface area contributed by atoms with Crippen molar-refractivity contribution in [3.05, 3.63) is 0 Å². The number of ether oxygens (including phenoxy) is 1. The Morgan fingerprint density at radius 3 is 2.17 bits per heavy atom. The van der Waals surface area contributed by atoms with Crippen LogP contribution in [-0.2, 0) is 14.8 Å². The highest BCUT2D eigenvalue weighted by molar-refractivity contribution is 7.89. The lowest BCUT2D eigenvalue weighted by Crippen LogP contribution is -2.28. The van der Waals surface area contributed by atoms with Gasteiger partial charge in [-0.05, 0) is 11.8 Å². The molecule has 0 aromatic carbocycles. The fraction of sp³-hybridized carbons (Fsp3) is 1.00. The largest absolute Gasteiger partial charge is 0.384 e. The first-order valence-corrected chi connectivity index (χ1v) is 5.57. The molecule has 4 nitrogen and oxygen atoms in total. The van der Waals surface area contributed by atoms with Crippen LogP contribution in [0.15, 0.2) is 0 Å². The van der Waals surface area contributed by atoms with Crippen LogP contribution in [0.25, 0.3) is 0 Å². The van der Waals surface area contributed by atoms with Crippen LogP contribution in [0.2, 0.25) is 0 Å². The molecule has 0 saturated carbocycles. The number of methoxy groups -OCH3 is 1. The average molecular weight is 195 g/mol. The molecule has 0 saturated heterocycles. The average Bonchev–Trinajstić information content (AvgIpc) is 1.83. The zero-order chi connectivity index (χ0) is 9.78. The molecule has 74 valence electrons. The first-order chi connectivity index (χ1) is 5.37. The molecule has 0 aromatic heterocycles. The molecule has 1 unspecified atom stereocenters. The van der Waals surface area contributed by atoms with E-state index in [1.807, 2.05) is 13.8 Å². The summed E-state index contributed by atoms with van der Waals surface area (Å²) in [5, 5.41) is 4.92. The molecule has 12 heavy (non-hydrogen) atoms. The normalized spacial score (nSPS) is 15.1. The van der Waals surface area contributed by atoms with Crippen molar-refractivity contribution < 1.29 is 13.2 Å². The molecule has 0 bridgehead atoms. The summed E-state index contributed by atoms with van der Waals surface area (Å²) < 4.78 is 26.4. The fourth-order valence-electron chi connectivity index (χ4n) is 0.945. The highest BCUT2D eigenvalue weighted by Crippen LogP contribution is 2.12. The Labute approximate surface area is 74.1 Å². The quantitative estimate of drug-likeness (QED) is 0.681. The minimum atomic E-state index is -3.37. The summed E-state index contributed by atoms with van der Waals surface area (Å²) in [6.45, 7) is 4.35. The van der Waals surface area contributed by atoms with E-state index < -0.39 is 10.0 Å². The molecule has 0 rings (SSSR count). The van der Waals surface area contributed by atoms with E-state index in [1.54, 1.807) is 7.11 Å². The lowest BCUT2D eigenvalue weighted by atomic mass is 9.99. The van der Waals surface area contributed by atoms with Crippen LogP contribution in [0.5, 0.6) is 0 Å². The van der Waals surface area contributed by atoms with Crippen molar-refractivity contribution in [2.45, 2.75) is 13.8 Å². The maximum absolute atomic E-state index is 10.7. The monoisotopic (exact) mass is 195 g/mol. The lowest BCUT2D eigenvalue weighted by molar-refractivity contribution is 0.140. The molecule has 0 aliphatic heterocycles.